The Hall–Kier alpha value is -5.98. The van der Waals surface area contributed by atoms with Crippen LogP contribution in [0.4, 0.5) is 10.5 Å². The van der Waals surface area contributed by atoms with Crippen LogP contribution < -0.4 is 15.4 Å². The first kappa shape index (κ1) is 37.3. The number of aromatic nitrogens is 1. The number of aliphatic hydroxyl groups is 1. The van der Waals surface area contributed by atoms with Crippen molar-refractivity contribution in [2.75, 3.05) is 11.1 Å². The number of benzene rings is 5. The van der Waals surface area contributed by atoms with Crippen molar-refractivity contribution < 1.29 is 34.0 Å². The fraction of sp³-hybridized carbons (Fsp3) is 0.159. The highest BCUT2D eigenvalue weighted by Crippen LogP contribution is 2.40. The number of carboxylic acid groups (broad SMARTS) is 1. The molecule has 0 spiro atoms. The van der Waals surface area contributed by atoms with Crippen molar-refractivity contribution in [2.24, 2.45) is 0 Å². The Bertz CT molecular complexity index is 2200. The summed E-state index contributed by atoms with van der Waals surface area (Å²) in [5.74, 6) is 0.852. The number of amides is 2. The van der Waals surface area contributed by atoms with Crippen LogP contribution in [0.25, 0.3) is 11.1 Å². The molecule has 1 aliphatic heterocycles. The zero-order valence-corrected chi connectivity index (χ0v) is 30.5. The number of carbonyl (C=O) groups is 2. The number of para-hydroxylation sites is 1. The second-order valence-corrected chi connectivity index (χ2v) is 13.9. The normalized spacial score (nSPS) is 16.6. The number of rotatable bonds is 13. The van der Waals surface area contributed by atoms with Gasteiger partial charge in [0, 0.05) is 36.2 Å². The van der Waals surface area contributed by atoms with Gasteiger partial charge in [-0.15, -0.1) is 11.8 Å². The van der Waals surface area contributed by atoms with E-state index in [1.165, 1.54) is 11.8 Å². The van der Waals surface area contributed by atoms with Crippen molar-refractivity contribution >= 4 is 29.4 Å². The third-order valence-electron chi connectivity index (χ3n) is 9.06. The number of nitrogens with zero attached hydrogens (tertiary/aromatic N) is 1. The van der Waals surface area contributed by atoms with E-state index >= 15 is 0 Å². The first-order chi connectivity index (χ1) is 26.9. The number of ether oxygens (including phenoxy) is 3. The minimum Gasteiger partial charge on any atom is -0.478 e. The average molecular weight is 754 g/mol. The van der Waals surface area contributed by atoms with Gasteiger partial charge in [-0.3, -0.25) is 0 Å². The van der Waals surface area contributed by atoms with Crippen molar-refractivity contribution in [2.45, 2.75) is 43.1 Å². The van der Waals surface area contributed by atoms with Crippen molar-refractivity contribution in [3.05, 3.63) is 174 Å². The molecule has 0 aliphatic carbocycles. The lowest BCUT2D eigenvalue weighted by Crippen LogP contribution is -2.31. The van der Waals surface area contributed by atoms with E-state index in [9.17, 15) is 19.8 Å². The predicted molar refractivity (Wildman–Crippen MR) is 211 cm³/mol. The van der Waals surface area contributed by atoms with Crippen LogP contribution in [0, 0.1) is 0 Å². The molecule has 11 heteroatoms. The summed E-state index contributed by atoms with van der Waals surface area (Å²) in [6.07, 6.45) is 0.892. The van der Waals surface area contributed by atoms with Gasteiger partial charge in [-0.1, -0.05) is 91.0 Å². The Kier molecular flexibility index (Phi) is 12.2. The van der Waals surface area contributed by atoms with Crippen molar-refractivity contribution in [1.82, 2.24) is 10.3 Å². The van der Waals surface area contributed by atoms with E-state index < -0.39 is 12.3 Å². The molecule has 4 N–H and O–H groups in total. The zero-order valence-electron chi connectivity index (χ0n) is 29.7. The lowest BCUT2D eigenvalue weighted by Gasteiger charge is -2.36. The van der Waals surface area contributed by atoms with E-state index in [0.717, 1.165) is 39.1 Å². The molecule has 0 bridgehead atoms. The van der Waals surface area contributed by atoms with Crippen molar-refractivity contribution in [1.29, 1.82) is 0 Å². The molecule has 0 unspecified atom stereocenters. The molecular weight excluding hydrogens is 715 g/mol. The average Bonchev–Trinajstić information content (AvgIpc) is 3.23. The van der Waals surface area contributed by atoms with Crippen LogP contribution in [-0.2, 0) is 22.6 Å². The monoisotopic (exact) mass is 753 g/mol. The van der Waals surface area contributed by atoms with Crippen molar-refractivity contribution in [3.8, 4) is 22.6 Å². The second-order valence-electron chi connectivity index (χ2n) is 12.8. The molecule has 3 atom stereocenters. The van der Waals surface area contributed by atoms with Crippen LogP contribution in [0.15, 0.2) is 151 Å². The summed E-state index contributed by atoms with van der Waals surface area (Å²) in [6, 6.07) is 43.1. The first-order valence-electron chi connectivity index (χ1n) is 17.8. The Morgan fingerprint density at radius 3 is 2.24 bits per heavy atom. The van der Waals surface area contributed by atoms with Gasteiger partial charge >= 0.3 is 12.0 Å². The first-order valence-corrected chi connectivity index (χ1v) is 18.8. The number of anilines is 1. The summed E-state index contributed by atoms with van der Waals surface area (Å²) < 4.78 is 18.9. The molecule has 10 nitrogen and oxygen atoms in total. The zero-order chi connectivity index (χ0) is 38.0. The molecular formula is C44H39N3O7S. The number of pyridine rings is 1. The van der Waals surface area contributed by atoms with E-state index in [-0.39, 0.29) is 30.4 Å². The van der Waals surface area contributed by atoms with Crippen molar-refractivity contribution in [3.63, 3.8) is 0 Å². The molecule has 1 aliphatic rings. The SMILES string of the molecule is O=C(NCc1ccccc1-c1ccc([C@H]2O[C@@H](CSc3ncccc3C(=O)O)C[C@@H](c3ccc(CO)cc3)O2)cc1)Nc1ccc(Oc2ccccc2)cc1. The topological polar surface area (TPSA) is 139 Å². The fourth-order valence-corrected chi connectivity index (χ4v) is 7.23. The maximum atomic E-state index is 12.9. The third kappa shape index (κ3) is 9.77. The van der Waals surface area contributed by atoms with Crippen LogP contribution in [0.1, 0.15) is 51.4 Å². The van der Waals surface area contributed by atoms with Gasteiger partial charge < -0.3 is 35.1 Å². The number of aliphatic hydroxyl groups excluding tert-OH is 1. The molecule has 0 saturated carbocycles. The number of hydrogen-bond acceptors (Lipinski definition) is 8. The Morgan fingerprint density at radius 1 is 0.782 bits per heavy atom. The summed E-state index contributed by atoms with van der Waals surface area (Å²) in [4.78, 5) is 29.0. The summed E-state index contributed by atoms with van der Waals surface area (Å²) in [6.45, 7) is 0.260. The van der Waals surface area contributed by atoms with Crippen LogP contribution in [0.2, 0.25) is 0 Å². The molecule has 1 saturated heterocycles. The molecule has 5 aromatic carbocycles. The molecule has 55 heavy (non-hydrogen) atoms. The van der Waals surface area contributed by atoms with E-state index in [4.69, 9.17) is 14.2 Å². The minimum absolute atomic E-state index is 0.0496. The van der Waals surface area contributed by atoms with Gasteiger partial charge in [0.1, 0.15) is 16.5 Å². The van der Waals surface area contributed by atoms with Gasteiger partial charge in [0.05, 0.1) is 24.4 Å². The lowest BCUT2D eigenvalue weighted by molar-refractivity contribution is -0.245. The Morgan fingerprint density at radius 2 is 1.49 bits per heavy atom. The van der Waals surface area contributed by atoms with Gasteiger partial charge in [-0.05, 0) is 76.3 Å². The maximum Gasteiger partial charge on any atom is 0.338 e. The Labute approximate surface area is 323 Å². The van der Waals surface area contributed by atoms with Gasteiger partial charge in [-0.25, -0.2) is 14.6 Å². The molecule has 1 aromatic heterocycles. The molecule has 2 heterocycles. The smallest absolute Gasteiger partial charge is 0.338 e. The predicted octanol–water partition coefficient (Wildman–Crippen LogP) is 9.39. The maximum absolute atomic E-state index is 12.9. The molecule has 1 fully saturated rings. The molecule has 278 valence electrons. The Balaban J connectivity index is 1.01. The quantitative estimate of drug-likeness (QED) is 0.0850. The van der Waals surface area contributed by atoms with Gasteiger partial charge in [0.2, 0.25) is 0 Å². The fourth-order valence-electron chi connectivity index (χ4n) is 6.22. The summed E-state index contributed by atoms with van der Waals surface area (Å²) >= 11 is 1.35. The number of hydrogen-bond donors (Lipinski definition) is 4. The molecule has 7 rings (SSSR count). The highest BCUT2D eigenvalue weighted by molar-refractivity contribution is 7.99. The van der Waals surface area contributed by atoms with E-state index in [0.29, 0.717) is 35.2 Å². The molecule has 2 amide bonds. The number of carboxylic acids is 1. The highest BCUT2D eigenvalue weighted by Gasteiger charge is 2.32. The summed E-state index contributed by atoms with van der Waals surface area (Å²) in [7, 11) is 0. The molecule has 6 aromatic rings. The van der Waals surface area contributed by atoms with E-state index in [1.54, 1.807) is 42.6 Å². The minimum atomic E-state index is -1.03. The third-order valence-corrected chi connectivity index (χ3v) is 10.2. The van der Waals surface area contributed by atoms with Gasteiger partial charge in [-0.2, -0.15) is 0 Å². The van der Waals surface area contributed by atoms with Gasteiger partial charge in [0.25, 0.3) is 0 Å². The molecule has 0 radical (unpaired) electrons. The van der Waals surface area contributed by atoms with E-state index in [1.807, 2.05) is 103 Å². The second kappa shape index (κ2) is 17.9. The summed E-state index contributed by atoms with van der Waals surface area (Å²) in [5.41, 5.74) is 6.27. The largest absolute Gasteiger partial charge is 0.478 e. The number of nitrogens with one attached hydrogen (secondary N) is 2. The van der Waals surface area contributed by atoms with Gasteiger partial charge in [0.15, 0.2) is 6.29 Å². The van der Waals surface area contributed by atoms with Crippen LogP contribution in [-0.4, -0.2) is 39.1 Å². The summed E-state index contributed by atoms with van der Waals surface area (Å²) in [5, 5.41) is 25.5. The van der Waals surface area contributed by atoms with E-state index in [2.05, 4.69) is 15.6 Å². The van der Waals surface area contributed by atoms with Crippen LogP contribution in [0.5, 0.6) is 11.5 Å². The number of carbonyl (C=O) groups excluding carboxylic acids is 1. The number of thioether (sulfide) groups is 1. The lowest BCUT2D eigenvalue weighted by atomic mass is 9.98. The number of aromatic carboxylic acids is 1. The van der Waals surface area contributed by atoms with Crippen LogP contribution >= 0.6 is 11.8 Å². The highest BCUT2D eigenvalue weighted by atomic mass is 32.2. The number of urea groups is 1. The standard InChI is InChI=1S/C44H39N3O7S/c48-27-29-12-14-31(15-13-29)40-25-37(28-55-41-39(42(49)50)11-6-24-45-41)53-43(54-40)32-18-16-30(17-19-32)38-10-5-4-7-33(38)26-46-44(51)47-34-20-22-36(23-21-34)52-35-8-2-1-3-9-35/h1-24,37,40,43,48H,25-28H2,(H,49,50)(H2,46,47,51)/t37-,40+,43+/m1/s1. The van der Waals surface area contributed by atoms with Crippen LogP contribution in [0.3, 0.4) is 0 Å².